The average Bonchev–Trinajstić information content (AvgIpc) is 3.11. The van der Waals surface area contributed by atoms with Crippen molar-refractivity contribution >= 4 is 28.2 Å². The molecule has 0 unspecified atom stereocenters. The van der Waals surface area contributed by atoms with Crippen LogP contribution in [0.15, 0.2) is 24.3 Å². The summed E-state index contributed by atoms with van der Waals surface area (Å²) < 4.78 is 40.7. The number of thiophene rings is 1. The standard InChI is InChI=1S/C20H20F2N2O5S/c21-20(22)29-14-4-2-1-3-12(14)17(25)23-18-16(13-5-8-28-11-15(13)30-18)19(26)24-6-9-27-10-7-24/h1-4,20H,5-11H2,(H,23,25). The van der Waals surface area contributed by atoms with E-state index in [1.807, 2.05) is 0 Å². The number of benzene rings is 1. The van der Waals surface area contributed by atoms with Crippen LogP contribution < -0.4 is 10.1 Å². The minimum absolute atomic E-state index is 0.0369. The van der Waals surface area contributed by atoms with Crippen molar-refractivity contribution in [3.05, 3.63) is 45.8 Å². The number of hydrogen-bond acceptors (Lipinski definition) is 6. The van der Waals surface area contributed by atoms with E-state index in [0.717, 1.165) is 10.4 Å². The Morgan fingerprint density at radius 1 is 1.13 bits per heavy atom. The van der Waals surface area contributed by atoms with Crippen LogP contribution in [0, 0.1) is 0 Å². The summed E-state index contributed by atoms with van der Waals surface area (Å²) in [6, 6.07) is 5.75. The van der Waals surface area contributed by atoms with Crippen molar-refractivity contribution in [2.75, 3.05) is 38.2 Å². The van der Waals surface area contributed by atoms with E-state index in [9.17, 15) is 18.4 Å². The highest BCUT2D eigenvalue weighted by molar-refractivity contribution is 7.17. The van der Waals surface area contributed by atoms with Gasteiger partial charge >= 0.3 is 6.61 Å². The minimum atomic E-state index is -3.05. The molecule has 1 saturated heterocycles. The molecule has 2 aliphatic rings. The summed E-state index contributed by atoms with van der Waals surface area (Å²) in [5, 5.41) is 3.13. The van der Waals surface area contributed by atoms with E-state index in [4.69, 9.17) is 9.47 Å². The first-order valence-corrected chi connectivity index (χ1v) is 10.3. The quantitative estimate of drug-likeness (QED) is 0.776. The Balaban J connectivity index is 1.65. The summed E-state index contributed by atoms with van der Waals surface area (Å²) in [4.78, 5) is 28.7. The van der Waals surface area contributed by atoms with Gasteiger partial charge in [0.25, 0.3) is 11.8 Å². The molecule has 2 amide bonds. The first-order valence-electron chi connectivity index (χ1n) is 9.49. The van der Waals surface area contributed by atoms with Crippen LogP contribution in [0.1, 0.15) is 31.2 Å². The lowest BCUT2D eigenvalue weighted by molar-refractivity contribution is -0.0501. The van der Waals surface area contributed by atoms with Crippen LogP contribution in [-0.2, 0) is 22.5 Å². The molecule has 1 fully saturated rings. The van der Waals surface area contributed by atoms with Gasteiger partial charge in [0.2, 0.25) is 0 Å². The third kappa shape index (κ3) is 4.30. The van der Waals surface area contributed by atoms with Gasteiger partial charge in [-0.1, -0.05) is 12.1 Å². The van der Waals surface area contributed by atoms with Crippen molar-refractivity contribution in [3.8, 4) is 5.75 Å². The highest BCUT2D eigenvalue weighted by Gasteiger charge is 2.30. The molecule has 0 radical (unpaired) electrons. The summed E-state index contributed by atoms with van der Waals surface area (Å²) in [7, 11) is 0. The van der Waals surface area contributed by atoms with Crippen molar-refractivity contribution in [2.45, 2.75) is 19.6 Å². The molecule has 7 nitrogen and oxygen atoms in total. The number of carbonyl (C=O) groups is 2. The number of anilines is 1. The predicted octanol–water partition coefficient (Wildman–Crippen LogP) is 3.15. The molecule has 160 valence electrons. The molecule has 30 heavy (non-hydrogen) atoms. The van der Waals surface area contributed by atoms with E-state index in [-0.39, 0.29) is 17.2 Å². The summed E-state index contributed by atoms with van der Waals surface area (Å²) >= 11 is 1.27. The van der Waals surface area contributed by atoms with Crippen molar-refractivity contribution in [1.29, 1.82) is 0 Å². The van der Waals surface area contributed by atoms with Gasteiger partial charge in [-0.2, -0.15) is 8.78 Å². The van der Waals surface area contributed by atoms with Crippen LogP contribution >= 0.6 is 11.3 Å². The Hall–Kier alpha value is -2.56. The number of ether oxygens (including phenoxy) is 3. The molecule has 10 heteroatoms. The van der Waals surface area contributed by atoms with E-state index >= 15 is 0 Å². The van der Waals surface area contributed by atoms with Crippen LogP contribution in [0.25, 0.3) is 0 Å². The predicted molar refractivity (Wildman–Crippen MR) is 105 cm³/mol. The molecule has 0 bridgehead atoms. The van der Waals surface area contributed by atoms with E-state index in [1.165, 1.54) is 29.5 Å². The maximum atomic E-state index is 13.2. The SMILES string of the molecule is O=C(Nc1sc2c(c1C(=O)N1CCOCC1)CCOC2)c1ccccc1OC(F)F. The van der Waals surface area contributed by atoms with Crippen molar-refractivity contribution < 1.29 is 32.6 Å². The van der Waals surface area contributed by atoms with Gasteiger partial charge in [-0.15, -0.1) is 11.3 Å². The number of morpholine rings is 1. The van der Waals surface area contributed by atoms with Gasteiger partial charge in [0, 0.05) is 18.0 Å². The van der Waals surface area contributed by atoms with Crippen LogP contribution in [0.3, 0.4) is 0 Å². The first-order chi connectivity index (χ1) is 14.5. The number of alkyl halides is 2. The molecule has 0 spiro atoms. The fourth-order valence-corrected chi connectivity index (χ4v) is 4.67. The summed E-state index contributed by atoms with van der Waals surface area (Å²) in [5.41, 5.74) is 1.28. The molecular weight excluding hydrogens is 418 g/mol. The molecule has 0 aliphatic carbocycles. The Bertz CT molecular complexity index is 943. The molecule has 0 atom stereocenters. The van der Waals surface area contributed by atoms with E-state index in [0.29, 0.717) is 56.5 Å². The maximum absolute atomic E-state index is 13.2. The normalized spacial score (nSPS) is 16.3. The lowest BCUT2D eigenvalue weighted by atomic mass is 10.0. The molecule has 1 aromatic carbocycles. The second-order valence-electron chi connectivity index (χ2n) is 6.74. The lowest BCUT2D eigenvalue weighted by Gasteiger charge is -2.27. The number of halogens is 2. The highest BCUT2D eigenvalue weighted by atomic mass is 32.1. The Kier molecular flexibility index (Phi) is 6.26. The molecule has 2 aromatic rings. The molecule has 2 aliphatic heterocycles. The second-order valence-corrected chi connectivity index (χ2v) is 7.85. The van der Waals surface area contributed by atoms with Gasteiger partial charge < -0.3 is 24.4 Å². The molecule has 3 heterocycles. The Labute approximate surface area is 175 Å². The van der Waals surface area contributed by atoms with Gasteiger partial charge in [-0.25, -0.2) is 0 Å². The Morgan fingerprint density at radius 2 is 1.90 bits per heavy atom. The zero-order chi connectivity index (χ0) is 21.1. The second kappa shape index (κ2) is 9.07. The zero-order valence-electron chi connectivity index (χ0n) is 16.0. The van der Waals surface area contributed by atoms with Crippen LogP contribution in [0.4, 0.5) is 13.8 Å². The average molecular weight is 438 g/mol. The molecule has 0 saturated carbocycles. The lowest BCUT2D eigenvalue weighted by Crippen LogP contribution is -2.41. The van der Waals surface area contributed by atoms with Gasteiger partial charge in [0.05, 0.1) is 37.6 Å². The molecule has 1 aromatic heterocycles. The monoisotopic (exact) mass is 438 g/mol. The summed E-state index contributed by atoms with van der Waals surface area (Å²) in [6.45, 7) is -0.335. The number of hydrogen-bond donors (Lipinski definition) is 1. The third-order valence-corrected chi connectivity index (χ3v) is 6.03. The van der Waals surface area contributed by atoms with Crippen molar-refractivity contribution in [2.24, 2.45) is 0 Å². The number of carbonyl (C=O) groups excluding carboxylic acids is 2. The molecular formula is C20H20F2N2O5S. The first kappa shape index (κ1) is 20.7. The van der Waals surface area contributed by atoms with Crippen molar-refractivity contribution in [3.63, 3.8) is 0 Å². The summed E-state index contributed by atoms with van der Waals surface area (Å²) in [6.07, 6.45) is 0.568. The third-order valence-electron chi connectivity index (χ3n) is 4.91. The summed E-state index contributed by atoms with van der Waals surface area (Å²) in [5.74, 6) is -1.03. The largest absolute Gasteiger partial charge is 0.434 e. The van der Waals surface area contributed by atoms with Crippen LogP contribution in [0.5, 0.6) is 5.75 Å². The van der Waals surface area contributed by atoms with E-state index in [2.05, 4.69) is 10.1 Å². The maximum Gasteiger partial charge on any atom is 0.387 e. The van der Waals surface area contributed by atoms with Crippen LogP contribution in [0.2, 0.25) is 0 Å². The molecule has 1 N–H and O–H groups in total. The highest BCUT2D eigenvalue weighted by Crippen LogP contribution is 2.38. The zero-order valence-corrected chi connectivity index (χ0v) is 16.8. The Morgan fingerprint density at radius 3 is 2.67 bits per heavy atom. The van der Waals surface area contributed by atoms with Gasteiger partial charge in [0.1, 0.15) is 10.8 Å². The number of rotatable bonds is 5. The minimum Gasteiger partial charge on any atom is -0.434 e. The number of fused-ring (bicyclic) bond motifs is 1. The van der Waals surface area contributed by atoms with Gasteiger partial charge in [-0.05, 0) is 24.1 Å². The van der Waals surface area contributed by atoms with Crippen molar-refractivity contribution in [1.82, 2.24) is 4.90 Å². The van der Waals surface area contributed by atoms with Crippen LogP contribution in [-0.4, -0.2) is 56.2 Å². The fraction of sp³-hybridized carbons (Fsp3) is 0.400. The number of nitrogens with zero attached hydrogens (tertiary/aromatic N) is 1. The van der Waals surface area contributed by atoms with Gasteiger partial charge in [0.15, 0.2) is 0 Å². The number of nitrogens with one attached hydrogen (secondary N) is 1. The smallest absolute Gasteiger partial charge is 0.387 e. The fourth-order valence-electron chi connectivity index (χ4n) is 3.49. The van der Waals surface area contributed by atoms with Gasteiger partial charge in [-0.3, -0.25) is 9.59 Å². The topological polar surface area (TPSA) is 77.1 Å². The molecule has 4 rings (SSSR count). The number of amides is 2. The number of para-hydroxylation sites is 1. The van der Waals surface area contributed by atoms with E-state index in [1.54, 1.807) is 11.0 Å². The van der Waals surface area contributed by atoms with E-state index < -0.39 is 12.5 Å².